The van der Waals surface area contributed by atoms with Crippen molar-refractivity contribution in [1.29, 1.82) is 0 Å². The number of aliphatic hydroxyl groups excluding tert-OH is 1. The van der Waals surface area contributed by atoms with Gasteiger partial charge in [-0.05, 0) is 56.9 Å². The molecule has 0 heterocycles. The van der Waals surface area contributed by atoms with Crippen molar-refractivity contribution in [2.24, 2.45) is 11.8 Å². The van der Waals surface area contributed by atoms with Gasteiger partial charge in [0.05, 0.1) is 11.7 Å². The van der Waals surface area contributed by atoms with Gasteiger partial charge in [-0.1, -0.05) is 18.2 Å². The van der Waals surface area contributed by atoms with E-state index in [0.29, 0.717) is 11.8 Å². The number of rotatable bonds is 0. The van der Waals surface area contributed by atoms with E-state index in [0.717, 1.165) is 31.3 Å². The monoisotopic (exact) mass is 222 g/mol. The molecule has 0 radical (unpaired) electrons. The first-order chi connectivity index (χ1) is 7.42. The maximum atomic E-state index is 10.2. The van der Waals surface area contributed by atoms with Crippen LogP contribution in [-0.2, 0) is 0 Å². The molecule has 1 saturated carbocycles. The van der Waals surface area contributed by atoms with E-state index < -0.39 is 5.60 Å². The molecule has 2 aliphatic rings. The summed E-state index contributed by atoms with van der Waals surface area (Å²) in [5, 5.41) is 20.0. The van der Waals surface area contributed by atoms with Crippen molar-refractivity contribution in [2.45, 2.75) is 51.2 Å². The van der Waals surface area contributed by atoms with Crippen LogP contribution in [0, 0.1) is 11.8 Å². The molecule has 0 unspecified atom stereocenters. The van der Waals surface area contributed by atoms with Gasteiger partial charge in [0.1, 0.15) is 0 Å². The van der Waals surface area contributed by atoms with Gasteiger partial charge in [0.15, 0.2) is 0 Å². The minimum atomic E-state index is -0.542. The lowest BCUT2D eigenvalue weighted by Gasteiger charge is -2.50. The predicted octanol–water partition coefficient (Wildman–Crippen LogP) is 2.42. The maximum Gasteiger partial charge on any atom is 0.0750 e. The first kappa shape index (κ1) is 11.9. The molecule has 0 amide bonds. The molecule has 0 aromatic carbocycles. The van der Waals surface area contributed by atoms with E-state index in [1.165, 1.54) is 5.57 Å². The molecule has 0 aromatic rings. The molecule has 0 bridgehead atoms. The Morgan fingerprint density at radius 2 is 2.19 bits per heavy atom. The standard InChI is InChI=1S/C14H22O2/c1-9-5-7-13(15)10(2)4-6-12-11(9)8-14(12,3)16/h4,11-13,15-16H,1,5-8H2,2-3H3/b10-4+/t11-,12-,13+,14-/m0/s1. The average molecular weight is 222 g/mol. The molecule has 1 fully saturated rings. The second kappa shape index (κ2) is 4.01. The molecule has 90 valence electrons. The number of allylic oxidation sites excluding steroid dienone is 2. The third-order valence-electron chi connectivity index (χ3n) is 4.40. The van der Waals surface area contributed by atoms with E-state index in [-0.39, 0.29) is 6.10 Å². The topological polar surface area (TPSA) is 40.5 Å². The van der Waals surface area contributed by atoms with Gasteiger partial charge in [0.25, 0.3) is 0 Å². The van der Waals surface area contributed by atoms with Crippen molar-refractivity contribution in [3.63, 3.8) is 0 Å². The summed E-state index contributed by atoms with van der Waals surface area (Å²) in [7, 11) is 0. The van der Waals surface area contributed by atoms with Gasteiger partial charge < -0.3 is 10.2 Å². The van der Waals surface area contributed by atoms with Crippen LogP contribution in [0.5, 0.6) is 0 Å². The van der Waals surface area contributed by atoms with E-state index in [4.69, 9.17) is 0 Å². The molecule has 0 saturated heterocycles. The lowest BCUT2D eigenvalue weighted by Crippen LogP contribution is -2.52. The molecule has 0 aliphatic heterocycles. The highest BCUT2D eigenvalue weighted by Crippen LogP contribution is 2.50. The average Bonchev–Trinajstić information content (AvgIpc) is 2.24. The van der Waals surface area contributed by atoms with Crippen LogP contribution in [0.15, 0.2) is 23.8 Å². The van der Waals surface area contributed by atoms with Crippen molar-refractivity contribution in [1.82, 2.24) is 0 Å². The van der Waals surface area contributed by atoms with Gasteiger partial charge in [-0.15, -0.1) is 0 Å². The zero-order valence-electron chi connectivity index (χ0n) is 10.2. The summed E-state index contributed by atoms with van der Waals surface area (Å²) in [6, 6.07) is 0. The number of fused-ring (bicyclic) bond motifs is 1. The lowest BCUT2D eigenvalue weighted by atomic mass is 9.58. The minimum Gasteiger partial charge on any atom is -0.390 e. The quantitative estimate of drug-likeness (QED) is 0.618. The highest BCUT2D eigenvalue weighted by Gasteiger charge is 2.49. The molecule has 2 N–H and O–H groups in total. The molecule has 0 spiro atoms. The molecular formula is C14H22O2. The van der Waals surface area contributed by atoms with Crippen molar-refractivity contribution in [3.05, 3.63) is 23.8 Å². The van der Waals surface area contributed by atoms with Crippen molar-refractivity contribution >= 4 is 0 Å². The normalized spacial score (nSPS) is 47.9. The fourth-order valence-electron chi connectivity index (χ4n) is 3.04. The Morgan fingerprint density at radius 3 is 2.81 bits per heavy atom. The summed E-state index contributed by atoms with van der Waals surface area (Å²) in [6.07, 6.45) is 5.10. The largest absolute Gasteiger partial charge is 0.390 e. The van der Waals surface area contributed by atoms with Crippen LogP contribution in [0.3, 0.4) is 0 Å². The summed E-state index contributed by atoms with van der Waals surface area (Å²) in [4.78, 5) is 0. The van der Waals surface area contributed by atoms with E-state index in [1.807, 2.05) is 13.8 Å². The van der Waals surface area contributed by atoms with Crippen molar-refractivity contribution < 1.29 is 10.2 Å². The van der Waals surface area contributed by atoms with Gasteiger partial charge in [0, 0.05) is 0 Å². The Bertz CT molecular complexity index is 328. The smallest absolute Gasteiger partial charge is 0.0750 e. The summed E-state index contributed by atoms with van der Waals surface area (Å²) in [5.41, 5.74) is 1.70. The molecule has 4 atom stereocenters. The van der Waals surface area contributed by atoms with Gasteiger partial charge in [-0.25, -0.2) is 0 Å². The van der Waals surface area contributed by atoms with Gasteiger partial charge in [0.2, 0.25) is 0 Å². The van der Waals surface area contributed by atoms with E-state index in [1.54, 1.807) is 0 Å². The third-order valence-corrected chi connectivity index (χ3v) is 4.40. The number of hydrogen-bond acceptors (Lipinski definition) is 2. The van der Waals surface area contributed by atoms with E-state index in [2.05, 4.69) is 12.7 Å². The van der Waals surface area contributed by atoms with Gasteiger partial charge in [-0.2, -0.15) is 0 Å². The second-order valence-corrected chi connectivity index (χ2v) is 5.67. The first-order valence-electron chi connectivity index (χ1n) is 6.16. The summed E-state index contributed by atoms with van der Waals surface area (Å²) in [6.45, 7) is 8.01. The molecule has 2 aliphatic carbocycles. The Hall–Kier alpha value is -0.600. The predicted molar refractivity (Wildman–Crippen MR) is 65.0 cm³/mol. The van der Waals surface area contributed by atoms with Crippen LogP contribution in [0.1, 0.15) is 39.5 Å². The number of aliphatic hydroxyl groups is 2. The first-order valence-corrected chi connectivity index (χ1v) is 6.16. The van der Waals surface area contributed by atoms with Gasteiger partial charge >= 0.3 is 0 Å². The van der Waals surface area contributed by atoms with Crippen LogP contribution >= 0.6 is 0 Å². The summed E-state index contributed by atoms with van der Waals surface area (Å²) in [5.74, 6) is 0.740. The SMILES string of the molecule is C=C1CC[C@@H](O)/C(C)=C/C[C@H]2[C@H]1C[C@]2(C)O. The fraction of sp³-hybridized carbons (Fsp3) is 0.714. The number of hydrogen-bond donors (Lipinski definition) is 2. The highest BCUT2D eigenvalue weighted by atomic mass is 16.3. The zero-order valence-corrected chi connectivity index (χ0v) is 10.2. The van der Waals surface area contributed by atoms with Gasteiger partial charge in [-0.3, -0.25) is 0 Å². The lowest BCUT2D eigenvalue weighted by molar-refractivity contribution is -0.111. The van der Waals surface area contributed by atoms with Crippen LogP contribution < -0.4 is 0 Å². The Labute approximate surface area is 97.7 Å². The molecule has 2 nitrogen and oxygen atoms in total. The van der Waals surface area contributed by atoms with E-state index in [9.17, 15) is 10.2 Å². The minimum absolute atomic E-state index is 0.292. The van der Waals surface area contributed by atoms with E-state index >= 15 is 0 Å². The fourth-order valence-corrected chi connectivity index (χ4v) is 3.04. The van der Waals surface area contributed by atoms with Crippen LogP contribution in [-0.4, -0.2) is 21.9 Å². The summed E-state index contributed by atoms with van der Waals surface area (Å²) >= 11 is 0. The van der Waals surface area contributed by atoms with Crippen molar-refractivity contribution in [3.8, 4) is 0 Å². The Balaban J connectivity index is 2.18. The Morgan fingerprint density at radius 1 is 1.50 bits per heavy atom. The zero-order chi connectivity index (χ0) is 11.9. The maximum absolute atomic E-state index is 10.2. The molecular weight excluding hydrogens is 200 g/mol. The van der Waals surface area contributed by atoms with Crippen molar-refractivity contribution in [2.75, 3.05) is 0 Å². The summed E-state index contributed by atoms with van der Waals surface area (Å²) < 4.78 is 0. The molecule has 16 heavy (non-hydrogen) atoms. The molecule has 0 aromatic heterocycles. The third kappa shape index (κ3) is 1.96. The molecule has 2 heteroatoms. The second-order valence-electron chi connectivity index (χ2n) is 5.67. The highest BCUT2D eigenvalue weighted by molar-refractivity contribution is 5.19. The molecule has 2 rings (SSSR count). The van der Waals surface area contributed by atoms with Crippen LogP contribution in [0.4, 0.5) is 0 Å². The van der Waals surface area contributed by atoms with Crippen LogP contribution in [0.25, 0.3) is 0 Å². The van der Waals surface area contributed by atoms with Crippen LogP contribution in [0.2, 0.25) is 0 Å². The Kier molecular flexibility index (Phi) is 2.97.